The van der Waals surface area contributed by atoms with E-state index in [4.69, 9.17) is 11.6 Å². The predicted octanol–water partition coefficient (Wildman–Crippen LogP) is 2.00. The molecule has 5 nitrogen and oxygen atoms in total. The van der Waals surface area contributed by atoms with Crippen LogP contribution in [-0.4, -0.2) is 78.1 Å². The molecule has 1 amide bonds. The van der Waals surface area contributed by atoms with Crippen molar-refractivity contribution >= 4 is 17.5 Å². The van der Waals surface area contributed by atoms with Crippen molar-refractivity contribution in [2.24, 2.45) is 0 Å². The van der Waals surface area contributed by atoms with Crippen LogP contribution in [0.2, 0.25) is 5.02 Å². The molecule has 1 aromatic carbocycles. The molecule has 2 saturated heterocycles. The minimum atomic E-state index is -0.302. The molecule has 0 aliphatic carbocycles. The lowest BCUT2D eigenvalue weighted by atomic mass is 10.00. The van der Waals surface area contributed by atoms with Gasteiger partial charge in [0.05, 0.1) is 6.10 Å². The highest BCUT2D eigenvalue weighted by Gasteiger charge is 2.34. The Hall–Kier alpha value is -1.14. The molecule has 2 heterocycles. The number of rotatable bonds is 4. The van der Waals surface area contributed by atoms with Crippen LogP contribution in [0, 0.1) is 0 Å². The van der Waals surface area contributed by atoms with Crippen LogP contribution in [0.4, 0.5) is 0 Å². The van der Waals surface area contributed by atoms with E-state index in [2.05, 4.69) is 4.90 Å². The van der Waals surface area contributed by atoms with Crippen LogP contribution in [0.3, 0.4) is 0 Å². The number of nitrogens with zero attached hydrogens (tertiary/aromatic N) is 3. The van der Waals surface area contributed by atoms with Gasteiger partial charge in [-0.2, -0.15) is 0 Å². The summed E-state index contributed by atoms with van der Waals surface area (Å²) in [5, 5.41) is 10.4. The normalized spacial score (nSPS) is 24.0. The summed E-state index contributed by atoms with van der Waals surface area (Å²) in [5.74, 6) is 0.146. The minimum Gasteiger partial charge on any atom is -0.392 e. The van der Waals surface area contributed by atoms with Gasteiger partial charge in [0, 0.05) is 37.2 Å². The van der Waals surface area contributed by atoms with Gasteiger partial charge < -0.3 is 10.0 Å². The molecule has 2 atom stereocenters. The van der Waals surface area contributed by atoms with E-state index in [-0.39, 0.29) is 18.1 Å². The maximum absolute atomic E-state index is 13.1. The average Bonchev–Trinajstić information content (AvgIpc) is 3.01. The van der Waals surface area contributed by atoms with Gasteiger partial charge in [0.1, 0.15) is 6.04 Å². The van der Waals surface area contributed by atoms with Crippen molar-refractivity contribution < 1.29 is 9.90 Å². The summed E-state index contributed by atoms with van der Waals surface area (Å²) in [7, 11) is 3.86. The second-order valence-corrected chi connectivity index (χ2v) is 7.85. The first kappa shape index (κ1) is 18.6. The monoisotopic (exact) mass is 365 g/mol. The number of amides is 1. The standard InChI is InChI=1S/C19H28ClN3O2/c1-21(2)18(14-4-3-5-15(20)12-14)19(25)22-9-6-16(7-10-22)23-11-8-17(24)13-23/h3-5,12,16-18,24H,6-11,13H2,1-2H3. The SMILES string of the molecule is CN(C)C(C(=O)N1CCC(N2CCC(O)C2)CC1)c1cccc(Cl)c1. The van der Waals surface area contributed by atoms with Crippen LogP contribution in [0.25, 0.3) is 0 Å². The third-order valence-corrected chi connectivity index (χ3v) is 5.64. The number of β-amino-alcohol motifs (C(OH)–C–C–N with tert-alkyl or cyclic N) is 1. The van der Waals surface area contributed by atoms with Crippen LogP contribution in [0.15, 0.2) is 24.3 Å². The quantitative estimate of drug-likeness (QED) is 0.886. The summed E-state index contributed by atoms with van der Waals surface area (Å²) in [6.07, 6.45) is 2.65. The summed E-state index contributed by atoms with van der Waals surface area (Å²) >= 11 is 6.12. The van der Waals surface area contributed by atoms with Crippen LogP contribution in [0.1, 0.15) is 30.9 Å². The molecular weight excluding hydrogens is 338 g/mol. The molecular formula is C19H28ClN3O2. The van der Waals surface area contributed by atoms with Crippen molar-refractivity contribution in [1.29, 1.82) is 0 Å². The number of piperidine rings is 1. The molecule has 6 heteroatoms. The van der Waals surface area contributed by atoms with Gasteiger partial charge in [0.15, 0.2) is 0 Å². The van der Waals surface area contributed by atoms with Crippen LogP contribution in [0.5, 0.6) is 0 Å². The molecule has 138 valence electrons. The summed E-state index contributed by atoms with van der Waals surface area (Å²) in [6, 6.07) is 7.76. The highest BCUT2D eigenvalue weighted by atomic mass is 35.5. The number of likely N-dealkylation sites (tertiary alicyclic amines) is 2. The Balaban J connectivity index is 1.64. The molecule has 0 spiro atoms. The Bertz CT molecular complexity index is 602. The molecule has 2 aliphatic rings. The number of carbonyl (C=O) groups is 1. The van der Waals surface area contributed by atoms with E-state index >= 15 is 0 Å². The Morgan fingerprint density at radius 2 is 1.96 bits per heavy atom. The zero-order valence-corrected chi connectivity index (χ0v) is 15.8. The highest BCUT2D eigenvalue weighted by molar-refractivity contribution is 6.30. The predicted molar refractivity (Wildman–Crippen MR) is 99.7 cm³/mol. The van der Waals surface area contributed by atoms with Gasteiger partial charge in [-0.1, -0.05) is 23.7 Å². The van der Waals surface area contributed by atoms with Gasteiger partial charge in [-0.15, -0.1) is 0 Å². The number of aliphatic hydroxyl groups excluding tert-OH is 1. The highest BCUT2D eigenvalue weighted by Crippen LogP contribution is 2.27. The lowest BCUT2D eigenvalue weighted by Gasteiger charge is -2.39. The number of aliphatic hydroxyl groups is 1. The van der Waals surface area contributed by atoms with Crippen molar-refractivity contribution in [2.75, 3.05) is 40.3 Å². The number of likely N-dealkylation sites (N-methyl/N-ethyl adjacent to an activating group) is 1. The first-order chi connectivity index (χ1) is 12.0. The summed E-state index contributed by atoms with van der Waals surface area (Å²) < 4.78 is 0. The Labute approximate surface area is 155 Å². The van der Waals surface area contributed by atoms with E-state index in [1.165, 1.54) is 0 Å². The van der Waals surface area contributed by atoms with Gasteiger partial charge in [0.2, 0.25) is 5.91 Å². The van der Waals surface area contributed by atoms with E-state index in [0.29, 0.717) is 11.1 Å². The van der Waals surface area contributed by atoms with Crippen molar-refractivity contribution in [2.45, 2.75) is 37.5 Å². The average molecular weight is 366 g/mol. The third kappa shape index (κ3) is 4.34. The fourth-order valence-corrected chi connectivity index (χ4v) is 4.26. The van der Waals surface area contributed by atoms with Gasteiger partial charge in [-0.3, -0.25) is 14.6 Å². The van der Waals surface area contributed by atoms with Crippen LogP contribution in [-0.2, 0) is 4.79 Å². The zero-order valence-electron chi connectivity index (χ0n) is 15.1. The molecule has 0 aromatic heterocycles. The minimum absolute atomic E-state index is 0.146. The number of hydrogen-bond donors (Lipinski definition) is 1. The molecule has 0 bridgehead atoms. The maximum Gasteiger partial charge on any atom is 0.244 e. The molecule has 2 unspecified atom stereocenters. The van der Waals surface area contributed by atoms with Gasteiger partial charge >= 0.3 is 0 Å². The smallest absolute Gasteiger partial charge is 0.244 e. The molecule has 2 fully saturated rings. The van der Waals surface area contributed by atoms with E-state index in [1.54, 1.807) is 0 Å². The first-order valence-corrected chi connectivity index (χ1v) is 9.46. The molecule has 1 aromatic rings. The first-order valence-electron chi connectivity index (χ1n) is 9.08. The van der Waals surface area contributed by atoms with Crippen LogP contribution < -0.4 is 0 Å². The number of halogens is 1. The topological polar surface area (TPSA) is 47.0 Å². The van der Waals surface area contributed by atoms with Crippen molar-refractivity contribution in [3.8, 4) is 0 Å². The van der Waals surface area contributed by atoms with Crippen molar-refractivity contribution in [3.63, 3.8) is 0 Å². The Morgan fingerprint density at radius 3 is 2.52 bits per heavy atom. The molecule has 0 radical (unpaired) electrons. The molecule has 3 rings (SSSR count). The number of hydrogen-bond acceptors (Lipinski definition) is 4. The second-order valence-electron chi connectivity index (χ2n) is 7.42. The van der Waals surface area contributed by atoms with Crippen LogP contribution >= 0.6 is 11.6 Å². The second kappa shape index (κ2) is 8.04. The Kier molecular flexibility index (Phi) is 6.00. The third-order valence-electron chi connectivity index (χ3n) is 5.40. The summed E-state index contributed by atoms with van der Waals surface area (Å²) in [5.41, 5.74) is 0.937. The lowest BCUT2D eigenvalue weighted by molar-refractivity contribution is -0.138. The molecule has 0 saturated carbocycles. The summed E-state index contributed by atoms with van der Waals surface area (Å²) in [4.78, 5) is 19.4. The van der Waals surface area contributed by atoms with Gasteiger partial charge in [0.25, 0.3) is 0 Å². The fourth-order valence-electron chi connectivity index (χ4n) is 4.06. The fraction of sp³-hybridized carbons (Fsp3) is 0.632. The summed E-state index contributed by atoms with van der Waals surface area (Å²) in [6.45, 7) is 3.31. The van der Waals surface area contributed by atoms with Gasteiger partial charge in [-0.05, 0) is 51.1 Å². The zero-order chi connectivity index (χ0) is 18.0. The number of benzene rings is 1. The van der Waals surface area contributed by atoms with E-state index in [9.17, 15) is 9.90 Å². The molecule has 25 heavy (non-hydrogen) atoms. The molecule has 2 aliphatic heterocycles. The van der Waals surface area contributed by atoms with Crippen molar-refractivity contribution in [3.05, 3.63) is 34.9 Å². The number of carbonyl (C=O) groups excluding carboxylic acids is 1. The lowest BCUT2D eigenvalue weighted by Crippen LogP contribution is -2.49. The van der Waals surface area contributed by atoms with Gasteiger partial charge in [-0.25, -0.2) is 0 Å². The van der Waals surface area contributed by atoms with E-state index in [0.717, 1.165) is 51.0 Å². The van der Waals surface area contributed by atoms with E-state index in [1.807, 2.05) is 48.2 Å². The largest absolute Gasteiger partial charge is 0.392 e. The van der Waals surface area contributed by atoms with E-state index < -0.39 is 0 Å². The van der Waals surface area contributed by atoms with Crippen molar-refractivity contribution in [1.82, 2.24) is 14.7 Å². The Morgan fingerprint density at radius 1 is 1.24 bits per heavy atom. The molecule has 1 N–H and O–H groups in total. The maximum atomic E-state index is 13.1.